The van der Waals surface area contributed by atoms with Crippen LogP contribution in [0.5, 0.6) is 0 Å². The number of esters is 1. The SMILES string of the molecule is CCOC(=O)C(CC)(CC)COS(=O)(=O)C(F)(F)F. The molecule has 0 heterocycles. The highest BCUT2D eigenvalue weighted by Crippen LogP contribution is 2.32. The quantitative estimate of drug-likeness (QED) is 0.410. The summed E-state index contributed by atoms with van der Waals surface area (Å²) in [6.45, 7) is 3.79. The maximum atomic E-state index is 12.1. The lowest BCUT2D eigenvalue weighted by molar-refractivity contribution is -0.158. The summed E-state index contributed by atoms with van der Waals surface area (Å²) >= 11 is 0. The number of alkyl halides is 3. The molecule has 0 N–H and O–H groups in total. The number of carbonyl (C=O) groups excluding carboxylic acids is 1. The van der Waals surface area contributed by atoms with Crippen molar-refractivity contribution in [2.24, 2.45) is 5.41 Å². The van der Waals surface area contributed by atoms with Gasteiger partial charge in [0.2, 0.25) is 0 Å². The highest BCUT2D eigenvalue weighted by atomic mass is 32.2. The summed E-state index contributed by atoms with van der Waals surface area (Å²) in [5.74, 6) is -0.766. The molecule has 0 aliphatic rings. The van der Waals surface area contributed by atoms with Crippen molar-refractivity contribution in [3.8, 4) is 0 Å². The van der Waals surface area contributed by atoms with Crippen LogP contribution in [0.15, 0.2) is 0 Å². The number of rotatable bonds is 7. The van der Waals surface area contributed by atoms with Crippen LogP contribution in [0.3, 0.4) is 0 Å². The van der Waals surface area contributed by atoms with Crippen molar-refractivity contribution >= 4 is 16.1 Å². The van der Waals surface area contributed by atoms with Crippen LogP contribution < -0.4 is 0 Å². The number of carbonyl (C=O) groups is 1. The van der Waals surface area contributed by atoms with E-state index in [-0.39, 0.29) is 19.4 Å². The normalized spacial score (nSPS) is 13.4. The highest BCUT2D eigenvalue weighted by Gasteiger charge is 2.49. The van der Waals surface area contributed by atoms with E-state index >= 15 is 0 Å². The molecular weight excluding hydrogens is 289 g/mol. The Morgan fingerprint density at radius 3 is 1.89 bits per heavy atom. The zero-order valence-corrected chi connectivity index (χ0v) is 11.7. The molecule has 19 heavy (non-hydrogen) atoms. The molecule has 0 unspecified atom stereocenters. The molecule has 5 nitrogen and oxygen atoms in total. The number of ether oxygens (including phenoxy) is 1. The van der Waals surface area contributed by atoms with Crippen molar-refractivity contribution in [1.82, 2.24) is 0 Å². The van der Waals surface area contributed by atoms with E-state index in [1.165, 1.54) is 0 Å². The van der Waals surface area contributed by atoms with Gasteiger partial charge in [-0.25, -0.2) is 0 Å². The fourth-order valence-corrected chi connectivity index (χ4v) is 1.86. The fraction of sp³-hybridized carbons (Fsp3) is 0.900. The molecule has 0 aromatic rings. The van der Waals surface area contributed by atoms with E-state index < -0.39 is 33.6 Å². The van der Waals surface area contributed by atoms with E-state index in [0.29, 0.717) is 0 Å². The van der Waals surface area contributed by atoms with Crippen LogP contribution >= 0.6 is 0 Å². The van der Waals surface area contributed by atoms with E-state index in [9.17, 15) is 26.4 Å². The molecule has 0 aromatic carbocycles. The van der Waals surface area contributed by atoms with Crippen LogP contribution in [0.2, 0.25) is 0 Å². The molecule has 9 heteroatoms. The minimum absolute atomic E-state index is 0.0482. The van der Waals surface area contributed by atoms with Crippen molar-refractivity contribution in [3.63, 3.8) is 0 Å². The largest absolute Gasteiger partial charge is 0.523 e. The molecule has 0 saturated carbocycles. The second kappa shape index (κ2) is 6.56. The minimum Gasteiger partial charge on any atom is -0.465 e. The van der Waals surface area contributed by atoms with Crippen LogP contribution in [0, 0.1) is 5.41 Å². The first-order valence-electron chi connectivity index (χ1n) is 5.69. The van der Waals surface area contributed by atoms with Gasteiger partial charge in [-0.1, -0.05) is 13.8 Å². The van der Waals surface area contributed by atoms with E-state index in [1.54, 1.807) is 20.8 Å². The lowest BCUT2D eigenvalue weighted by Crippen LogP contribution is -2.39. The monoisotopic (exact) mass is 306 g/mol. The van der Waals surface area contributed by atoms with E-state index in [4.69, 9.17) is 4.74 Å². The lowest BCUT2D eigenvalue weighted by Gasteiger charge is -2.28. The standard InChI is InChI=1S/C10H17F3O5S/c1-4-9(5-2,8(14)17-6-3)7-18-19(15,16)10(11,12)13/h4-7H2,1-3H3. The topological polar surface area (TPSA) is 69.7 Å². The van der Waals surface area contributed by atoms with Gasteiger partial charge in [-0.2, -0.15) is 21.6 Å². The van der Waals surface area contributed by atoms with Crippen LogP contribution in [0.25, 0.3) is 0 Å². The van der Waals surface area contributed by atoms with Crippen LogP contribution in [-0.4, -0.2) is 33.1 Å². The molecule has 0 fully saturated rings. The first-order chi connectivity index (χ1) is 8.56. The second-order valence-electron chi connectivity index (χ2n) is 3.87. The number of hydrogen-bond donors (Lipinski definition) is 0. The van der Waals surface area contributed by atoms with Gasteiger partial charge < -0.3 is 4.74 Å². The Balaban J connectivity index is 5.03. The Morgan fingerprint density at radius 1 is 1.11 bits per heavy atom. The van der Waals surface area contributed by atoms with Crippen LogP contribution in [0.1, 0.15) is 33.6 Å². The number of halogens is 3. The molecule has 0 spiro atoms. The Kier molecular flexibility index (Phi) is 6.27. The molecule has 0 aliphatic carbocycles. The molecule has 0 saturated heterocycles. The molecule has 0 bridgehead atoms. The predicted molar refractivity (Wildman–Crippen MR) is 60.6 cm³/mol. The Labute approximate surface area is 110 Å². The first kappa shape index (κ1) is 18.2. The second-order valence-corrected chi connectivity index (χ2v) is 5.48. The van der Waals surface area contributed by atoms with Gasteiger partial charge in [0.25, 0.3) is 0 Å². The zero-order chi connectivity index (χ0) is 15.3. The average molecular weight is 306 g/mol. The molecular formula is C10H17F3O5S. The summed E-state index contributed by atoms with van der Waals surface area (Å²) in [4.78, 5) is 11.7. The summed E-state index contributed by atoms with van der Waals surface area (Å²) in [7, 11) is -5.71. The maximum absolute atomic E-state index is 12.1. The van der Waals surface area contributed by atoms with Crippen molar-refractivity contribution in [2.75, 3.05) is 13.2 Å². The Hall–Kier alpha value is -0.830. The summed E-state index contributed by atoms with van der Waals surface area (Å²) in [6.07, 6.45) is 0.214. The van der Waals surface area contributed by atoms with Crippen molar-refractivity contribution in [1.29, 1.82) is 0 Å². The molecule has 0 aliphatic heterocycles. The van der Waals surface area contributed by atoms with Gasteiger partial charge in [0.05, 0.1) is 18.6 Å². The van der Waals surface area contributed by atoms with Gasteiger partial charge in [0.1, 0.15) is 0 Å². The van der Waals surface area contributed by atoms with Gasteiger partial charge in [-0.15, -0.1) is 0 Å². The molecule has 0 amide bonds. The third-order valence-electron chi connectivity index (χ3n) is 2.84. The fourth-order valence-electron chi connectivity index (χ4n) is 1.34. The predicted octanol–water partition coefficient (Wildman–Crippen LogP) is 2.22. The Morgan fingerprint density at radius 2 is 1.58 bits per heavy atom. The molecule has 0 radical (unpaired) electrons. The van der Waals surface area contributed by atoms with Gasteiger partial charge in [-0.3, -0.25) is 8.98 Å². The highest BCUT2D eigenvalue weighted by molar-refractivity contribution is 7.87. The summed E-state index contributed by atoms with van der Waals surface area (Å²) < 4.78 is 66.7. The lowest BCUT2D eigenvalue weighted by atomic mass is 9.83. The van der Waals surface area contributed by atoms with Gasteiger partial charge in [-0.05, 0) is 19.8 Å². The number of hydrogen-bond acceptors (Lipinski definition) is 5. The van der Waals surface area contributed by atoms with Crippen molar-refractivity contribution < 1.29 is 35.3 Å². The molecule has 0 rings (SSSR count). The zero-order valence-electron chi connectivity index (χ0n) is 10.9. The van der Waals surface area contributed by atoms with E-state index in [2.05, 4.69) is 4.18 Å². The Bertz CT molecular complexity index is 398. The van der Waals surface area contributed by atoms with Crippen LogP contribution in [0.4, 0.5) is 13.2 Å². The first-order valence-corrected chi connectivity index (χ1v) is 7.10. The maximum Gasteiger partial charge on any atom is 0.523 e. The third-order valence-corrected chi connectivity index (χ3v) is 3.83. The van der Waals surface area contributed by atoms with Crippen molar-refractivity contribution in [3.05, 3.63) is 0 Å². The third kappa shape index (κ3) is 4.34. The average Bonchev–Trinajstić information content (AvgIpc) is 2.30. The summed E-state index contributed by atoms with van der Waals surface area (Å²) in [6, 6.07) is 0. The molecule has 114 valence electrons. The summed E-state index contributed by atoms with van der Waals surface area (Å²) in [5.41, 5.74) is -6.90. The van der Waals surface area contributed by atoms with E-state index in [1.807, 2.05) is 0 Å². The van der Waals surface area contributed by atoms with Crippen molar-refractivity contribution in [2.45, 2.75) is 39.1 Å². The smallest absolute Gasteiger partial charge is 0.465 e. The molecule has 0 aromatic heterocycles. The van der Waals surface area contributed by atoms with Gasteiger partial charge in [0, 0.05) is 0 Å². The van der Waals surface area contributed by atoms with Crippen LogP contribution in [-0.2, 0) is 23.8 Å². The van der Waals surface area contributed by atoms with Gasteiger partial charge in [0.15, 0.2) is 0 Å². The summed E-state index contributed by atoms with van der Waals surface area (Å²) in [5, 5.41) is 0. The minimum atomic E-state index is -5.71. The molecule has 0 atom stereocenters. The van der Waals surface area contributed by atoms with E-state index in [0.717, 1.165) is 0 Å². The van der Waals surface area contributed by atoms with Gasteiger partial charge >= 0.3 is 21.6 Å².